The van der Waals surface area contributed by atoms with Crippen LogP contribution in [0.4, 0.5) is 0 Å². The van der Waals surface area contributed by atoms with Gasteiger partial charge in [0.05, 0.1) is 116 Å². The number of unbranched alkanes of at least 4 members (excludes halogenated alkanes) is 1. The molecule has 686 valence electrons. The van der Waals surface area contributed by atoms with Crippen molar-refractivity contribution in [2.75, 3.05) is 119 Å². The van der Waals surface area contributed by atoms with Crippen LogP contribution in [0.5, 0.6) is 0 Å². The average molecular weight is 1730 g/mol. The van der Waals surface area contributed by atoms with E-state index in [1.54, 1.807) is 0 Å². The first-order chi connectivity index (χ1) is 57.9. The number of amides is 10. The molecule has 7 fully saturated rings. The molecule has 6 heterocycles. The Kier molecular flexibility index (Phi) is 39.5. The fourth-order valence-electron chi connectivity index (χ4n) is 16.3. The minimum absolute atomic E-state index is 0.0223. The first-order valence-electron chi connectivity index (χ1n) is 42.4. The Labute approximate surface area is 701 Å². The summed E-state index contributed by atoms with van der Waals surface area (Å²) in [6, 6.07) is -2.76. The predicted octanol–water partition coefficient (Wildman–Crippen LogP) is -6.60. The molecule has 1 unspecified atom stereocenters. The lowest BCUT2D eigenvalue weighted by atomic mass is 9.57. The van der Waals surface area contributed by atoms with Gasteiger partial charge in [-0.25, -0.2) is 4.79 Å². The lowest BCUT2D eigenvalue weighted by Crippen LogP contribution is -2.67. The highest BCUT2D eigenvalue weighted by molar-refractivity contribution is 5.92. The van der Waals surface area contributed by atoms with Gasteiger partial charge in [0.15, 0.2) is 17.4 Å². The Balaban J connectivity index is 0.858. The van der Waals surface area contributed by atoms with Crippen molar-refractivity contribution in [3.63, 3.8) is 0 Å². The molecule has 1 spiro atoms. The van der Waals surface area contributed by atoms with E-state index >= 15 is 0 Å². The Morgan fingerprint density at radius 3 is 1.29 bits per heavy atom. The van der Waals surface area contributed by atoms with Crippen LogP contribution in [-0.4, -0.2) is 355 Å². The van der Waals surface area contributed by atoms with Crippen molar-refractivity contribution >= 4 is 71.0 Å². The van der Waals surface area contributed by atoms with E-state index in [1.165, 1.54) is 0 Å². The highest BCUT2D eigenvalue weighted by atomic mass is 16.7. The Morgan fingerprint density at radius 2 is 0.884 bits per heavy atom. The summed E-state index contributed by atoms with van der Waals surface area (Å²) in [6.45, 7) is 2.59. The molecule has 10 amide bonds. The first-order valence-corrected chi connectivity index (χ1v) is 42.4. The molecule has 121 heavy (non-hydrogen) atoms. The van der Waals surface area contributed by atoms with Crippen molar-refractivity contribution in [3.05, 3.63) is 11.1 Å². The molecule has 2 saturated carbocycles. The van der Waals surface area contributed by atoms with E-state index in [9.17, 15) is 109 Å². The highest BCUT2D eigenvalue weighted by Gasteiger charge is 2.88. The molecule has 42 heteroatoms. The van der Waals surface area contributed by atoms with Crippen LogP contribution in [-0.2, 0) is 105 Å². The van der Waals surface area contributed by atoms with Gasteiger partial charge in [0.2, 0.25) is 59.1 Å². The standard InChI is InChI=1S/C79H128N10O32/c1-4-5-12-47-48(39-117-74(47)110)46-33-55-79(121-55)75(78(45(2)3)56(120-78)35-76(79,111)34-46)119-67(103)20-19-66(102)89-77(118-32-23-62(98)85-29-11-26-82-59(95)15-8-18-65(101)88-51-42-116-54(38-92)73(109)70(51)106,43-112-30-21-60(96)83-27-9-24-80-57(93)13-6-16-63(99)86-49-40-114-52(36-90)71(107)68(49)104)44-113-31-22-61(97)84-28-10-25-81-58(94)14-7-17-64(100)87-50-41-115-53(37-91)72(108)69(50)105/h45-46,49-56,68-73,75,90-92,104-109,111H,4-44H2,1-3H3,(H,80,93)(H,81,94)(H,82,95)(H,83,96)(H,84,97)(H,85,98)(H,86,99)(H,87,100)(H,88,101)(H,89,102)/t46?,49-,50-,51-,52+,53+,54+,55-,56-,68+,69+,70+,71+,72+,73+,75+,76-,78-,79+/m0/s1. The zero-order valence-corrected chi connectivity index (χ0v) is 69.3. The number of carbonyl (C=O) groups is 12. The summed E-state index contributed by atoms with van der Waals surface area (Å²) in [5.41, 5.74) is -4.54. The van der Waals surface area contributed by atoms with Gasteiger partial charge in [-0.05, 0) is 81.6 Å². The van der Waals surface area contributed by atoms with Gasteiger partial charge in [-0.3, -0.25) is 52.7 Å². The van der Waals surface area contributed by atoms with Gasteiger partial charge in [0.1, 0.15) is 72.7 Å². The monoisotopic (exact) mass is 1730 g/mol. The summed E-state index contributed by atoms with van der Waals surface area (Å²) in [5.74, 6) is -6.61. The van der Waals surface area contributed by atoms with Crippen molar-refractivity contribution in [3.8, 4) is 0 Å². The first kappa shape index (κ1) is 99.1. The summed E-state index contributed by atoms with van der Waals surface area (Å²) in [7, 11) is 0. The van der Waals surface area contributed by atoms with Gasteiger partial charge in [0.25, 0.3) is 0 Å². The minimum atomic E-state index is -2.02. The molecule has 0 aromatic carbocycles. The van der Waals surface area contributed by atoms with Gasteiger partial charge in [-0.15, -0.1) is 0 Å². The van der Waals surface area contributed by atoms with E-state index in [1.807, 2.05) is 20.8 Å². The number of cyclic esters (lactones) is 1. The molecule has 0 radical (unpaired) electrons. The summed E-state index contributed by atoms with van der Waals surface area (Å²) in [6.07, 6.45) is -11.5. The smallest absolute Gasteiger partial charge is 0.334 e. The lowest BCUT2D eigenvalue weighted by Gasteiger charge is -2.48. The van der Waals surface area contributed by atoms with Crippen LogP contribution in [0.25, 0.3) is 0 Å². The lowest BCUT2D eigenvalue weighted by molar-refractivity contribution is -0.183. The molecule has 6 aliphatic heterocycles. The van der Waals surface area contributed by atoms with Gasteiger partial charge in [-0.2, -0.15) is 0 Å². The normalized spacial score (nSPS) is 29.6. The maximum absolute atomic E-state index is 14.5. The fraction of sp³-hybridized carbons (Fsp3) is 0.823. The van der Waals surface area contributed by atoms with Gasteiger partial charge >= 0.3 is 11.9 Å². The van der Waals surface area contributed by atoms with Crippen molar-refractivity contribution < 1.29 is 156 Å². The number of ether oxygens (including phenoxy) is 10. The second-order valence-corrected chi connectivity index (χ2v) is 32.5. The van der Waals surface area contributed by atoms with Crippen LogP contribution in [0.1, 0.15) is 168 Å². The molecule has 5 saturated heterocycles. The third kappa shape index (κ3) is 28.3. The molecule has 0 aromatic heterocycles. The van der Waals surface area contributed by atoms with Crippen molar-refractivity contribution in [1.82, 2.24) is 53.2 Å². The number of esters is 2. The zero-order valence-electron chi connectivity index (χ0n) is 69.3. The number of aliphatic hydroxyl groups is 10. The molecule has 2 aliphatic carbocycles. The topological polar surface area (TPSA) is 626 Å². The maximum atomic E-state index is 14.5. The number of rotatable bonds is 54. The average Bonchev–Trinajstić information content (AvgIpc) is 1.47. The number of aliphatic hydroxyl groups excluding tert-OH is 9. The molecule has 8 aliphatic rings. The minimum Gasteiger partial charge on any atom is -0.458 e. The van der Waals surface area contributed by atoms with Gasteiger partial charge in [-0.1, -0.05) is 27.2 Å². The van der Waals surface area contributed by atoms with Crippen LogP contribution in [0.2, 0.25) is 0 Å². The third-order valence-electron chi connectivity index (χ3n) is 23.2. The fourth-order valence-corrected chi connectivity index (χ4v) is 16.3. The van der Waals surface area contributed by atoms with Gasteiger partial charge < -0.3 is 152 Å². The van der Waals surface area contributed by atoms with E-state index in [0.29, 0.717) is 31.3 Å². The molecule has 42 nitrogen and oxygen atoms in total. The van der Waals surface area contributed by atoms with Crippen LogP contribution in [0, 0.1) is 11.8 Å². The maximum Gasteiger partial charge on any atom is 0.334 e. The van der Waals surface area contributed by atoms with Crippen LogP contribution < -0.4 is 53.2 Å². The summed E-state index contributed by atoms with van der Waals surface area (Å²) in [5, 5.41) is 129. The summed E-state index contributed by atoms with van der Waals surface area (Å²) < 4.78 is 59.1. The second-order valence-electron chi connectivity index (χ2n) is 32.5. The Morgan fingerprint density at radius 1 is 0.479 bits per heavy atom. The molecule has 8 rings (SSSR count). The number of hydrogen-bond donors (Lipinski definition) is 20. The number of nitrogens with one attached hydrogen (secondary N) is 10. The van der Waals surface area contributed by atoms with Crippen LogP contribution >= 0.6 is 0 Å². The van der Waals surface area contributed by atoms with Crippen molar-refractivity contribution in [1.29, 1.82) is 0 Å². The predicted molar refractivity (Wildman–Crippen MR) is 417 cm³/mol. The molecule has 0 aromatic rings. The van der Waals surface area contributed by atoms with E-state index < -0.39 is 214 Å². The quantitative estimate of drug-likeness (QED) is 0.0117. The largest absolute Gasteiger partial charge is 0.458 e. The highest BCUT2D eigenvalue weighted by Crippen LogP contribution is 2.71. The molecular formula is C79H128N10O32. The van der Waals surface area contributed by atoms with Crippen LogP contribution in [0.15, 0.2) is 11.1 Å². The van der Waals surface area contributed by atoms with Gasteiger partial charge in [0, 0.05) is 109 Å². The number of carbonyl (C=O) groups excluding carboxylic acids is 12. The van der Waals surface area contributed by atoms with E-state index in [0.717, 1.165) is 18.4 Å². The molecule has 20 N–H and O–H groups in total. The summed E-state index contributed by atoms with van der Waals surface area (Å²) in [4.78, 5) is 157. The van der Waals surface area contributed by atoms with E-state index in [-0.39, 0.29) is 211 Å². The van der Waals surface area contributed by atoms with E-state index in [4.69, 9.17) is 47.4 Å². The SMILES string of the molecule is CCCCC1=C(C2C[C@@H]3O[C@@]34[C@H](OC(=O)CCC(=O)NC(COCCC(=O)NCCCNC(=O)CCCC(=O)N[C@H]3CO[C@H](CO)[C@@H](O)[C@@H]3O)(COCCC(=O)NCCCNC(=O)CCCC(=O)N[C@H]3CO[C@H](CO)[C@@H](O)[C@@H]3O)OCCC(=O)NCCCNC(=O)CCCC(=O)N[C@H]3CO[C@H](CO)[C@@H](O)[C@@H]3O)[C@@]3(C(C)C)O[C@H]3C[C@@]4(O)C2)COC1=O. The number of fused-ring (bicyclic) bond motifs is 1. The molecule has 0 bridgehead atoms. The Bertz CT molecular complexity index is 3400. The van der Waals surface area contributed by atoms with Crippen molar-refractivity contribution in [2.24, 2.45) is 11.8 Å². The van der Waals surface area contributed by atoms with E-state index in [2.05, 4.69) is 53.2 Å². The third-order valence-corrected chi connectivity index (χ3v) is 23.2. The number of epoxide rings is 2. The zero-order chi connectivity index (χ0) is 88.0. The second kappa shape index (κ2) is 48.2. The van der Waals surface area contributed by atoms with Crippen LogP contribution in [0.3, 0.4) is 0 Å². The summed E-state index contributed by atoms with van der Waals surface area (Å²) >= 11 is 0. The molecular weight excluding hydrogens is 1600 g/mol. The number of hydrogen-bond acceptors (Lipinski definition) is 32. The van der Waals surface area contributed by atoms with Crippen molar-refractivity contribution in [2.45, 2.75) is 282 Å². The molecule has 19 atom stereocenters. The Hall–Kier alpha value is -7.34.